The molecular formula is C18H20F2N2O5S2. The fraction of sp³-hybridized carbons (Fsp3) is 0.333. The Morgan fingerprint density at radius 3 is 2.31 bits per heavy atom. The first-order valence-corrected chi connectivity index (χ1v) is 11.8. The van der Waals surface area contributed by atoms with Crippen molar-refractivity contribution in [3.8, 4) is 5.75 Å². The predicted octanol–water partition coefficient (Wildman–Crippen LogP) is 2.95. The molecule has 29 heavy (non-hydrogen) atoms. The van der Waals surface area contributed by atoms with E-state index in [1.807, 2.05) is 0 Å². The molecule has 11 heteroatoms. The van der Waals surface area contributed by atoms with Gasteiger partial charge in [0.05, 0.1) is 17.2 Å². The summed E-state index contributed by atoms with van der Waals surface area (Å²) in [7, 11) is -8.15. The van der Waals surface area contributed by atoms with Gasteiger partial charge in [-0.15, -0.1) is 0 Å². The molecule has 2 aromatic rings. The highest BCUT2D eigenvalue weighted by Crippen LogP contribution is 2.32. The van der Waals surface area contributed by atoms with E-state index < -0.39 is 36.6 Å². The molecule has 1 heterocycles. The quantitative estimate of drug-likeness (QED) is 0.706. The van der Waals surface area contributed by atoms with Crippen molar-refractivity contribution in [2.24, 2.45) is 0 Å². The highest BCUT2D eigenvalue weighted by molar-refractivity contribution is 7.92. The van der Waals surface area contributed by atoms with Crippen LogP contribution < -0.4 is 9.46 Å². The van der Waals surface area contributed by atoms with Crippen molar-refractivity contribution in [3.05, 3.63) is 48.0 Å². The highest BCUT2D eigenvalue weighted by atomic mass is 32.2. The van der Waals surface area contributed by atoms with Gasteiger partial charge in [0.2, 0.25) is 10.0 Å². The number of sulfonamides is 2. The smallest absolute Gasteiger partial charge is 0.261 e. The van der Waals surface area contributed by atoms with Gasteiger partial charge in [-0.3, -0.25) is 4.72 Å². The Bertz CT molecular complexity index is 1120. The van der Waals surface area contributed by atoms with E-state index in [1.165, 1.54) is 16.4 Å². The van der Waals surface area contributed by atoms with Crippen LogP contribution in [0.4, 0.5) is 14.5 Å². The van der Waals surface area contributed by atoms with Crippen LogP contribution in [0.15, 0.2) is 46.2 Å². The molecular weight excluding hydrogens is 426 g/mol. The van der Waals surface area contributed by atoms with E-state index in [0.717, 1.165) is 25.0 Å². The number of rotatable bonds is 7. The van der Waals surface area contributed by atoms with Gasteiger partial charge >= 0.3 is 0 Å². The second-order valence-electron chi connectivity index (χ2n) is 6.39. The Morgan fingerprint density at radius 2 is 1.69 bits per heavy atom. The number of nitrogens with zero attached hydrogens (tertiary/aromatic N) is 1. The third-order valence-electron chi connectivity index (χ3n) is 4.38. The topological polar surface area (TPSA) is 92.8 Å². The largest absolute Gasteiger partial charge is 0.492 e. The molecule has 1 N–H and O–H groups in total. The van der Waals surface area contributed by atoms with E-state index >= 15 is 0 Å². The SMILES string of the molecule is CCOc1ccc(NS(=O)(=O)c2ccc(F)c(F)c2)cc1S(=O)(=O)N1CCCC1. The number of nitrogens with one attached hydrogen (secondary N) is 1. The number of halogens is 2. The van der Waals surface area contributed by atoms with E-state index in [4.69, 9.17) is 4.74 Å². The van der Waals surface area contributed by atoms with Crippen LogP contribution in [0.1, 0.15) is 19.8 Å². The van der Waals surface area contributed by atoms with Gasteiger partial charge in [0.1, 0.15) is 10.6 Å². The lowest BCUT2D eigenvalue weighted by Gasteiger charge is -2.19. The van der Waals surface area contributed by atoms with Gasteiger partial charge in [-0.2, -0.15) is 4.31 Å². The van der Waals surface area contributed by atoms with Gasteiger partial charge in [0.15, 0.2) is 11.6 Å². The number of hydrogen-bond acceptors (Lipinski definition) is 5. The fourth-order valence-corrected chi connectivity index (χ4v) is 5.71. The molecule has 0 aliphatic carbocycles. The minimum atomic E-state index is -4.26. The van der Waals surface area contributed by atoms with Crippen molar-refractivity contribution in [3.63, 3.8) is 0 Å². The molecule has 1 fully saturated rings. The van der Waals surface area contributed by atoms with Crippen molar-refractivity contribution < 1.29 is 30.4 Å². The average molecular weight is 446 g/mol. The summed E-state index contributed by atoms with van der Waals surface area (Å²) in [6.45, 7) is 2.67. The van der Waals surface area contributed by atoms with Gasteiger partial charge in [-0.1, -0.05) is 0 Å². The van der Waals surface area contributed by atoms with Crippen LogP contribution >= 0.6 is 0 Å². The number of benzene rings is 2. The molecule has 1 saturated heterocycles. The van der Waals surface area contributed by atoms with Crippen LogP contribution in [-0.2, 0) is 20.0 Å². The lowest BCUT2D eigenvalue weighted by atomic mass is 10.3. The summed E-state index contributed by atoms with van der Waals surface area (Å²) < 4.78 is 86.4. The van der Waals surface area contributed by atoms with Crippen LogP contribution in [0, 0.1) is 11.6 Å². The van der Waals surface area contributed by atoms with Gasteiger partial charge < -0.3 is 4.74 Å². The van der Waals surface area contributed by atoms with Gasteiger partial charge in [0, 0.05) is 13.1 Å². The Kier molecular flexibility index (Phi) is 6.11. The third-order valence-corrected chi connectivity index (χ3v) is 7.68. The molecule has 0 spiro atoms. The van der Waals surface area contributed by atoms with Crippen LogP contribution in [0.5, 0.6) is 5.75 Å². The van der Waals surface area contributed by atoms with Crippen molar-refractivity contribution in [1.82, 2.24) is 4.31 Å². The summed E-state index contributed by atoms with van der Waals surface area (Å²) in [5.41, 5.74) is -0.0454. The maximum atomic E-state index is 13.4. The second kappa shape index (κ2) is 8.25. The minimum absolute atomic E-state index is 0.0454. The molecule has 158 valence electrons. The summed E-state index contributed by atoms with van der Waals surface area (Å²) in [6.07, 6.45) is 1.48. The van der Waals surface area contributed by atoms with E-state index in [-0.39, 0.29) is 22.9 Å². The predicted molar refractivity (Wildman–Crippen MR) is 103 cm³/mol. The van der Waals surface area contributed by atoms with Gasteiger partial charge in [-0.25, -0.2) is 25.6 Å². The van der Waals surface area contributed by atoms with Crippen molar-refractivity contribution in [2.45, 2.75) is 29.6 Å². The lowest BCUT2D eigenvalue weighted by Crippen LogP contribution is -2.28. The molecule has 0 amide bonds. The molecule has 1 aliphatic rings. The highest BCUT2D eigenvalue weighted by Gasteiger charge is 2.30. The molecule has 0 saturated carbocycles. The minimum Gasteiger partial charge on any atom is -0.492 e. The molecule has 2 aromatic carbocycles. The molecule has 1 aliphatic heterocycles. The number of ether oxygens (including phenoxy) is 1. The second-order valence-corrected chi connectivity index (χ2v) is 9.98. The zero-order chi connectivity index (χ0) is 21.2. The maximum Gasteiger partial charge on any atom is 0.261 e. The molecule has 7 nitrogen and oxygen atoms in total. The van der Waals surface area contributed by atoms with E-state index in [0.29, 0.717) is 25.2 Å². The van der Waals surface area contributed by atoms with E-state index in [1.54, 1.807) is 6.92 Å². The summed E-state index contributed by atoms with van der Waals surface area (Å²) in [4.78, 5) is -0.652. The van der Waals surface area contributed by atoms with Crippen molar-refractivity contribution in [1.29, 1.82) is 0 Å². The summed E-state index contributed by atoms with van der Waals surface area (Å²) in [6, 6.07) is 6.02. The molecule has 3 rings (SSSR count). The number of anilines is 1. The molecule has 0 unspecified atom stereocenters. The van der Waals surface area contributed by atoms with Gasteiger partial charge in [0.25, 0.3) is 10.0 Å². The Balaban J connectivity index is 1.99. The summed E-state index contributed by atoms with van der Waals surface area (Å²) in [5.74, 6) is -2.38. The van der Waals surface area contributed by atoms with Crippen LogP contribution in [-0.4, -0.2) is 40.8 Å². The zero-order valence-corrected chi connectivity index (χ0v) is 17.2. The molecule has 0 atom stereocenters. The van der Waals surface area contributed by atoms with Crippen LogP contribution in [0.2, 0.25) is 0 Å². The maximum absolute atomic E-state index is 13.4. The lowest BCUT2D eigenvalue weighted by molar-refractivity contribution is 0.330. The Labute approximate surface area is 168 Å². The Morgan fingerprint density at radius 1 is 1.00 bits per heavy atom. The molecule has 0 bridgehead atoms. The zero-order valence-electron chi connectivity index (χ0n) is 15.6. The first-order valence-electron chi connectivity index (χ1n) is 8.90. The monoisotopic (exact) mass is 446 g/mol. The first-order chi connectivity index (χ1) is 13.6. The standard InChI is InChI=1S/C18H20F2N2O5S2/c1-2-27-17-8-5-13(11-18(17)29(25,26)22-9-3-4-10-22)21-28(23,24)14-6-7-15(19)16(20)12-14/h5-8,11-12,21H,2-4,9-10H2,1H3. The molecule has 0 radical (unpaired) electrons. The normalized spacial score (nSPS) is 15.4. The summed E-state index contributed by atoms with van der Waals surface area (Å²) >= 11 is 0. The van der Waals surface area contributed by atoms with Crippen molar-refractivity contribution in [2.75, 3.05) is 24.4 Å². The first kappa shape index (κ1) is 21.5. The van der Waals surface area contributed by atoms with Crippen molar-refractivity contribution >= 4 is 25.7 Å². The summed E-state index contributed by atoms with van der Waals surface area (Å²) in [5, 5.41) is 0. The van der Waals surface area contributed by atoms with E-state index in [2.05, 4.69) is 4.72 Å². The van der Waals surface area contributed by atoms with E-state index in [9.17, 15) is 25.6 Å². The Hall–Kier alpha value is -2.24. The fourth-order valence-electron chi connectivity index (χ4n) is 2.97. The molecule has 0 aromatic heterocycles. The third kappa shape index (κ3) is 4.51. The van der Waals surface area contributed by atoms with Crippen LogP contribution in [0.3, 0.4) is 0 Å². The van der Waals surface area contributed by atoms with Crippen LogP contribution in [0.25, 0.3) is 0 Å². The van der Waals surface area contributed by atoms with Gasteiger partial charge in [-0.05, 0) is 56.2 Å². The number of hydrogen-bond donors (Lipinski definition) is 1. The average Bonchev–Trinajstić information content (AvgIpc) is 3.20.